The van der Waals surface area contributed by atoms with Gasteiger partial charge in [0.15, 0.2) is 0 Å². The van der Waals surface area contributed by atoms with Crippen LogP contribution in [0.2, 0.25) is 0 Å². The Morgan fingerprint density at radius 1 is 1.33 bits per heavy atom. The fourth-order valence-electron chi connectivity index (χ4n) is 2.19. The van der Waals surface area contributed by atoms with Gasteiger partial charge in [-0.1, -0.05) is 0 Å². The molecule has 0 amide bonds. The molecule has 0 aliphatic carbocycles. The van der Waals surface area contributed by atoms with Crippen LogP contribution in [0.5, 0.6) is 5.75 Å². The monoisotopic (exact) mass is 205 g/mol. The number of aryl methyl sites for hydroxylation is 1. The second-order valence-corrected chi connectivity index (χ2v) is 5.08. The maximum absolute atomic E-state index is 6.03. The summed E-state index contributed by atoms with van der Waals surface area (Å²) in [6.07, 6.45) is 2.13. The first-order valence-corrected chi connectivity index (χ1v) is 5.48. The van der Waals surface area contributed by atoms with Gasteiger partial charge in [-0.15, -0.1) is 0 Å². The number of hydrogen-bond acceptors (Lipinski definition) is 2. The van der Waals surface area contributed by atoms with Crippen molar-refractivity contribution in [2.24, 2.45) is 0 Å². The molecule has 0 fully saturated rings. The third-order valence-corrected chi connectivity index (χ3v) is 3.25. The maximum atomic E-state index is 6.03. The van der Waals surface area contributed by atoms with Gasteiger partial charge < -0.3 is 10.5 Å². The van der Waals surface area contributed by atoms with Gasteiger partial charge in [-0.25, -0.2) is 0 Å². The Bertz CT molecular complexity index is 407. The van der Waals surface area contributed by atoms with E-state index in [1.165, 1.54) is 11.1 Å². The average molecular weight is 205 g/mol. The van der Waals surface area contributed by atoms with Crippen molar-refractivity contribution in [3.8, 4) is 5.75 Å². The zero-order valence-corrected chi connectivity index (χ0v) is 9.98. The molecule has 0 aromatic heterocycles. The highest BCUT2D eigenvalue weighted by molar-refractivity contribution is 5.60. The van der Waals surface area contributed by atoms with Crippen molar-refractivity contribution in [2.45, 2.75) is 46.1 Å². The van der Waals surface area contributed by atoms with Crippen molar-refractivity contribution in [3.05, 3.63) is 22.8 Å². The van der Waals surface area contributed by atoms with E-state index in [-0.39, 0.29) is 5.60 Å². The predicted molar refractivity (Wildman–Crippen MR) is 63.4 cm³/mol. The van der Waals surface area contributed by atoms with Crippen LogP contribution in [-0.4, -0.2) is 5.60 Å². The van der Waals surface area contributed by atoms with E-state index in [1.807, 2.05) is 6.07 Å². The van der Waals surface area contributed by atoms with Crippen molar-refractivity contribution in [1.82, 2.24) is 0 Å². The van der Waals surface area contributed by atoms with Gasteiger partial charge in [-0.3, -0.25) is 0 Å². The number of rotatable bonds is 0. The Hall–Kier alpha value is -1.18. The van der Waals surface area contributed by atoms with E-state index >= 15 is 0 Å². The summed E-state index contributed by atoms with van der Waals surface area (Å²) in [5.74, 6) is 1.05. The Balaban J connectivity index is 2.56. The topological polar surface area (TPSA) is 35.2 Å². The molecule has 2 N–H and O–H groups in total. The van der Waals surface area contributed by atoms with Crippen molar-refractivity contribution in [1.29, 1.82) is 0 Å². The maximum Gasteiger partial charge on any atom is 0.126 e. The van der Waals surface area contributed by atoms with E-state index in [2.05, 4.69) is 27.7 Å². The molecule has 0 saturated heterocycles. The molecule has 2 rings (SSSR count). The molecule has 0 bridgehead atoms. The first-order chi connectivity index (χ1) is 6.91. The third-order valence-electron chi connectivity index (χ3n) is 3.25. The van der Waals surface area contributed by atoms with Gasteiger partial charge >= 0.3 is 0 Å². The van der Waals surface area contributed by atoms with E-state index in [9.17, 15) is 0 Å². The van der Waals surface area contributed by atoms with E-state index in [0.717, 1.165) is 29.8 Å². The van der Waals surface area contributed by atoms with E-state index < -0.39 is 0 Å². The number of anilines is 1. The molecule has 15 heavy (non-hydrogen) atoms. The largest absolute Gasteiger partial charge is 0.487 e. The molecule has 0 radical (unpaired) electrons. The van der Waals surface area contributed by atoms with Crippen molar-refractivity contribution >= 4 is 5.69 Å². The Morgan fingerprint density at radius 2 is 2.00 bits per heavy atom. The standard InChI is InChI=1S/C13H19NO/c1-8-7-11(14)9(2)10-5-6-13(3,4)15-12(8)10/h7H,5-6,14H2,1-4H3. The highest BCUT2D eigenvalue weighted by Crippen LogP contribution is 2.39. The number of ether oxygens (including phenoxy) is 1. The van der Waals surface area contributed by atoms with Gasteiger partial charge in [0.25, 0.3) is 0 Å². The van der Waals surface area contributed by atoms with E-state index in [1.54, 1.807) is 0 Å². The van der Waals surface area contributed by atoms with Crippen LogP contribution in [0.25, 0.3) is 0 Å². The molecule has 2 heteroatoms. The van der Waals surface area contributed by atoms with Crippen molar-refractivity contribution in [3.63, 3.8) is 0 Å². The Kier molecular flexibility index (Phi) is 2.18. The molecular formula is C13H19NO. The normalized spacial score (nSPS) is 18.1. The van der Waals surface area contributed by atoms with Crippen LogP contribution in [0, 0.1) is 13.8 Å². The molecule has 0 atom stereocenters. The van der Waals surface area contributed by atoms with Crippen LogP contribution in [0.4, 0.5) is 5.69 Å². The van der Waals surface area contributed by atoms with Crippen LogP contribution in [0.3, 0.4) is 0 Å². The molecule has 1 heterocycles. The van der Waals surface area contributed by atoms with Gasteiger partial charge in [0.2, 0.25) is 0 Å². The summed E-state index contributed by atoms with van der Waals surface area (Å²) in [5, 5.41) is 0. The summed E-state index contributed by atoms with van der Waals surface area (Å²) in [4.78, 5) is 0. The van der Waals surface area contributed by atoms with E-state index in [0.29, 0.717) is 0 Å². The molecule has 1 aliphatic heterocycles. The predicted octanol–water partition coefficient (Wildman–Crippen LogP) is 2.99. The first-order valence-electron chi connectivity index (χ1n) is 5.48. The second kappa shape index (κ2) is 3.16. The Labute approximate surface area is 91.4 Å². The third kappa shape index (κ3) is 1.69. The summed E-state index contributed by atoms with van der Waals surface area (Å²) in [7, 11) is 0. The molecule has 1 aromatic carbocycles. The smallest absolute Gasteiger partial charge is 0.126 e. The number of nitrogen functional groups attached to an aromatic ring is 1. The van der Waals surface area contributed by atoms with Gasteiger partial charge in [-0.05, 0) is 63.3 Å². The van der Waals surface area contributed by atoms with Gasteiger partial charge in [-0.2, -0.15) is 0 Å². The summed E-state index contributed by atoms with van der Waals surface area (Å²) in [6.45, 7) is 8.42. The zero-order valence-electron chi connectivity index (χ0n) is 9.98. The molecule has 0 spiro atoms. The molecule has 2 nitrogen and oxygen atoms in total. The highest BCUT2D eigenvalue weighted by atomic mass is 16.5. The van der Waals surface area contributed by atoms with Crippen LogP contribution in [-0.2, 0) is 6.42 Å². The summed E-state index contributed by atoms with van der Waals surface area (Å²) in [6, 6.07) is 2.01. The van der Waals surface area contributed by atoms with Crippen LogP contribution in [0.15, 0.2) is 6.07 Å². The van der Waals surface area contributed by atoms with Crippen LogP contribution in [0.1, 0.15) is 37.0 Å². The van der Waals surface area contributed by atoms with Crippen LogP contribution >= 0.6 is 0 Å². The molecule has 1 aromatic rings. The lowest BCUT2D eigenvalue weighted by Gasteiger charge is -2.34. The minimum absolute atomic E-state index is 0.0414. The summed E-state index contributed by atoms with van der Waals surface area (Å²) >= 11 is 0. The Morgan fingerprint density at radius 3 is 2.67 bits per heavy atom. The molecule has 0 unspecified atom stereocenters. The number of hydrogen-bond donors (Lipinski definition) is 1. The van der Waals surface area contributed by atoms with E-state index in [4.69, 9.17) is 10.5 Å². The van der Waals surface area contributed by atoms with Crippen molar-refractivity contribution < 1.29 is 4.74 Å². The quantitative estimate of drug-likeness (QED) is 0.661. The fourth-order valence-corrected chi connectivity index (χ4v) is 2.19. The lowest BCUT2D eigenvalue weighted by molar-refractivity contribution is 0.0835. The minimum atomic E-state index is -0.0414. The number of fused-ring (bicyclic) bond motifs is 1. The molecule has 82 valence electrons. The minimum Gasteiger partial charge on any atom is -0.487 e. The second-order valence-electron chi connectivity index (χ2n) is 5.08. The lowest BCUT2D eigenvalue weighted by atomic mass is 9.89. The van der Waals surface area contributed by atoms with Gasteiger partial charge in [0, 0.05) is 5.69 Å². The number of nitrogens with two attached hydrogens (primary N) is 1. The average Bonchev–Trinajstić information content (AvgIpc) is 2.13. The molecule has 1 aliphatic rings. The molecule has 0 saturated carbocycles. The summed E-state index contributed by atoms with van der Waals surface area (Å²) in [5.41, 5.74) is 10.4. The van der Waals surface area contributed by atoms with Gasteiger partial charge in [0.1, 0.15) is 11.4 Å². The van der Waals surface area contributed by atoms with Crippen LogP contribution < -0.4 is 10.5 Å². The van der Waals surface area contributed by atoms with Gasteiger partial charge in [0.05, 0.1) is 0 Å². The zero-order chi connectivity index (χ0) is 11.2. The lowest BCUT2D eigenvalue weighted by Crippen LogP contribution is -2.33. The SMILES string of the molecule is Cc1cc(N)c(C)c2c1OC(C)(C)CC2. The fraction of sp³-hybridized carbons (Fsp3) is 0.538. The molecular weight excluding hydrogens is 186 g/mol. The highest BCUT2D eigenvalue weighted by Gasteiger charge is 2.29. The van der Waals surface area contributed by atoms with Crippen molar-refractivity contribution in [2.75, 3.05) is 5.73 Å². The first kappa shape index (κ1) is 10.3. The summed E-state index contributed by atoms with van der Waals surface area (Å²) < 4.78 is 6.03. The number of benzene rings is 1.